The lowest BCUT2D eigenvalue weighted by Crippen LogP contribution is -2.47. The Labute approximate surface area is 188 Å². The molecule has 3 rings (SSSR count). The Morgan fingerprint density at radius 1 is 1.19 bits per heavy atom. The molecule has 1 aliphatic heterocycles. The van der Waals surface area contributed by atoms with Crippen LogP contribution in [0.15, 0.2) is 6.07 Å². The number of aromatic nitrogens is 2. The number of nitrogens with one attached hydrogen (secondary N) is 1. The van der Waals surface area contributed by atoms with Gasteiger partial charge >= 0.3 is 0 Å². The molecule has 31 heavy (non-hydrogen) atoms. The number of rotatable bonds is 8. The highest BCUT2D eigenvalue weighted by Gasteiger charge is 2.27. The second-order valence-corrected chi connectivity index (χ2v) is 10.2. The summed E-state index contributed by atoms with van der Waals surface area (Å²) in [6.07, 6.45) is 5.56. The first-order chi connectivity index (χ1) is 14.7. The maximum Gasteiger partial charge on any atom is 0.217 e. The summed E-state index contributed by atoms with van der Waals surface area (Å²) in [5, 5.41) is 3.09. The summed E-state index contributed by atoms with van der Waals surface area (Å²) in [7, 11) is 1.73. The van der Waals surface area contributed by atoms with Gasteiger partial charge in [0, 0.05) is 69.9 Å². The zero-order valence-corrected chi connectivity index (χ0v) is 20.1. The van der Waals surface area contributed by atoms with Crippen LogP contribution in [0.3, 0.4) is 0 Å². The zero-order chi connectivity index (χ0) is 22.4. The predicted octanol–water partition coefficient (Wildman–Crippen LogP) is 2.78. The van der Waals surface area contributed by atoms with E-state index in [2.05, 4.69) is 42.0 Å². The molecular formula is C24H41N5O2. The van der Waals surface area contributed by atoms with Crippen molar-refractivity contribution >= 4 is 11.7 Å². The van der Waals surface area contributed by atoms with Crippen LogP contribution in [0.25, 0.3) is 0 Å². The minimum atomic E-state index is -0.0734. The summed E-state index contributed by atoms with van der Waals surface area (Å²) in [6.45, 7) is 14.1. The van der Waals surface area contributed by atoms with Gasteiger partial charge in [0.15, 0.2) is 0 Å². The van der Waals surface area contributed by atoms with Crippen LogP contribution >= 0.6 is 0 Å². The molecule has 7 heteroatoms. The lowest BCUT2D eigenvalue weighted by Gasteiger charge is -2.36. The quantitative estimate of drug-likeness (QED) is 0.683. The van der Waals surface area contributed by atoms with Gasteiger partial charge in [0.25, 0.3) is 0 Å². The van der Waals surface area contributed by atoms with E-state index in [-0.39, 0.29) is 11.3 Å². The van der Waals surface area contributed by atoms with Crippen molar-refractivity contribution in [3.63, 3.8) is 0 Å². The average Bonchev–Trinajstić information content (AvgIpc) is 3.17. The predicted molar refractivity (Wildman–Crippen MR) is 125 cm³/mol. The summed E-state index contributed by atoms with van der Waals surface area (Å²) >= 11 is 0. The third-order valence-electron chi connectivity index (χ3n) is 6.50. The molecule has 1 saturated carbocycles. The topological polar surface area (TPSA) is 70.6 Å². The SMILES string of the molecule is COCCc1cc(N2CCN(CC[C@@H]3CC[C@@H](NC(C)=O)C3)CC2)nc(C(C)(C)C)n1. The molecule has 2 heterocycles. The molecule has 0 radical (unpaired) electrons. The zero-order valence-electron chi connectivity index (χ0n) is 20.1. The lowest BCUT2D eigenvalue weighted by atomic mass is 9.95. The van der Waals surface area contributed by atoms with E-state index >= 15 is 0 Å². The molecular weight excluding hydrogens is 390 g/mol. The molecule has 0 bridgehead atoms. The molecule has 0 unspecified atom stereocenters. The Morgan fingerprint density at radius 2 is 1.94 bits per heavy atom. The third-order valence-corrected chi connectivity index (χ3v) is 6.50. The van der Waals surface area contributed by atoms with Crippen LogP contribution in [0.2, 0.25) is 0 Å². The molecule has 1 aliphatic carbocycles. The molecule has 2 aliphatic rings. The smallest absolute Gasteiger partial charge is 0.217 e. The van der Waals surface area contributed by atoms with Crippen molar-refractivity contribution in [3.8, 4) is 0 Å². The fraction of sp³-hybridized carbons (Fsp3) is 0.792. The van der Waals surface area contributed by atoms with Gasteiger partial charge in [0.2, 0.25) is 5.91 Å². The number of ether oxygens (including phenoxy) is 1. The largest absolute Gasteiger partial charge is 0.384 e. The van der Waals surface area contributed by atoms with E-state index in [1.807, 2.05) is 0 Å². The van der Waals surface area contributed by atoms with Gasteiger partial charge in [-0.05, 0) is 38.1 Å². The summed E-state index contributed by atoms with van der Waals surface area (Å²) in [4.78, 5) is 26.0. The molecule has 1 N–H and O–H groups in total. The Balaban J connectivity index is 1.51. The molecule has 1 amide bonds. The van der Waals surface area contributed by atoms with Gasteiger partial charge in [-0.25, -0.2) is 9.97 Å². The molecule has 0 spiro atoms. The van der Waals surface area contributed by atoms with Crippen LogP contribution in [0.4, 0.5) is 5.82 Å². The molecule has 1 saturated heterocycles. The van der Waals surface area contributed by atoms with E-state index in [1.165, 1.54) is 12.8 Å². The normalized spacial score (nSPS) is 22.7. The number of anilines is 1. The third kappa shape index (κ3) is 7.14. The van der Waals surface area contributed by atoms with E-state index in [0.717, 1.165) is 75.2 Å². The van der Waals surface area contributed by atoms with Crippen LogP contribution in [0.5, 0.6) is 0 Å². The van der Waals surface area contributed by atoms with Gasteiger partial charge < -0.3 is 15.0 Å². The summed E-state index contributed by atoms with van der Waals surface area (Å²) in [6, 6.07) is 2.53. The first kappa shape index (κ1) is 23.9. The first-order valence-electron chi connectivity index (χ1n) is 11.9. The van der Waals surface area contributed by atoms with Gasteiger partial charge in [-0.3, -0.25) is 9.69 Å². The first-order valence-corrected chi connectivity index (χ1v) is 11.9. The number of piperazine rings is 1. The molecule has 174 valence electrons. The van der Waals surface area contributed by atoms with E-state index in [0.29, 0.717) is 12.6 Å². The standard InChI is InChI=1S/C24H41N5O2/c1-18(30)25-20-7-6-19(16-20)8-10-28-11-13-29(14-12-28)22-17-21(9-15-31-5)26-23(27-22)24(2,3)4/h17,19-20H,6-16H2,1-5H3,(H,25,30)/t19-,20+/m0/s1. The van der Waals surface area contributed by atoms with Crippen LogP contribution in [0.1, 0.15) is 64.9 Å². The number of hydrogen-bond donors (Lipinski definition) is 1. The highest BCUT2D eigenvalue weighted by Crippen LogP contribution is 2.29. The number of carbonyl (C=O) groups excluding carboxylic acids is 1. The number of carbonyl (C=O) groups is 1. The Morgan fingerprint density at radius 3 is 2.58 bits per heavy atom. The lowest BCUT2D eigenvalue weighted by molar-refractivity contribution is -0.119. The number of hydrogen-bond acceptors (Lipinski definition) is 6. The molecule has 2 fully saturated rings. The van der Waals surface area contributed by atoms with E-state index in [9.17, 15) is 4.79 Å². The van der Waals surface area contributed by atoms with E-state index in [4.69, 9.17) is 14.7 Å². The minimum Gasteiger partial charge on any atom is -0.384 e. The van der Waals surface area contributed by atoms with Crippen molar-refractivity contribution in [1.82, 2.24) is 20.2 Å². The molecule has 2 atom stereocenters. The second-order valence-electron chi connectivity index (χ2n) is 10.2. The van der Waals surface area contributed by atoms with Crippen molar-refractivity contribution in [2.75, 3.05) is 51.3 Å². The van der Waals surface area contributed by atoms with Crippen LogP contribution in [-0.2, 0) is 21.4 Å². The van der Waals surface area contributed by atoms with Crippen LogP contribution in [-0.4, -0.2) is 73.3 Å². The number of amides is 1. The van der Waals surface area contributed by atoms with Crippen molar-refractivity contribution in [2.24, 2.45) is 5.92 Å². The van der Waals surface area contributed by atoms with Gasteiger partial charge in [-0.1, -0.05) is 20.8 Å². The Hall–Kier alpha value is -1.73. The Bertz CT molecular complexity index is 725. The number of nitrogens with zero attached hydrogens (tertiary/aromatic N) is 4. The number of methoxy groups -OCH3 is 1. The fourth-order valence-corrected chi connectivity index (χ4v) is 4.64. The van der Waals surface area contributed by atoms with E-state index < -0.39 is 0 Å². The second kappa shape index (κ2) is 10.7. The molecule has 0 aromatic carbocycles. The average molecular weight is 432 g/mol. The Kier molecular flexibility index (Phi) is 8.28. The van der Waals surface area contributed by atoms with Gasteiger partial charge in [0.05, 0.1) is 6.61 Å². The summed E-state index contributed by atoms with van der Waals surface area (Å²) in [5.41, 5.74) is 0.991. The highest BCUT2D eigenvalue weighted by molar-refractivity contribution is 5.73. The monoisotopic (exact) mass is 431 g/mol. The van der Waals surface area contributed by atoms with Crippen molar-refractivity contribution in [3.05, 3.63) is 17.6 Å². The van der Waals surface area contributed by atoms with Crippen LogP contribution in [0, 0.1) is 5.92 Å². The van der Waals surface area contributed by atoms with Gasteiger partial charge in [-0.15, -0.1) is 0 Å². The van der Waals surface area contributed by atoms with Crippen molar-refractivity contribution in [2.45, 2.75) is 71.3 Å². The van der Waals surface area contributed by atoms with Crippen LogP contribution < -0.4 is 10.2 Å². The molecule has 7 nitrogen and oxygen atoms in total. The molecule has 1 aromatic heterocycles. The minimum absolute atomic E-state index is 0.0734. The molecule has 1 aromatic rings. The summed E-state index contributed by atoms with van der Waals surface area (Å²) in [5.74, 6) is 2.81. The van der Waals surface area contributed by atoms with Crippen molar-refractivity contribution < 1.29 is 9.53 Å². The van der Waals surface area contributed by atoms with Crippen molar-refractivity contribution in [1.29, 1.82) is 0 Å². The van der Waals surface area contributed by atoms with E-state index in [1.54, 1.807) is 14.0 Å². The highest BCUT2D eigenvalue weighted by atomic mass is 16.5. The maximum absolute atomic E-state index is 11.3. The summed E-state index contributed by atoms with van der Waals surface area (Å²) < 4.78 is 5.26. The maximum atomic E-state index is 11.3. The van der Waals surface area contributed by atoms with Gasteiger partial charge in [-0.2, -0.15) is 0 Å². The fourth-order valence-electron chi connectivity index (χ4n) is 4.64. The van der Waals surface area contributed by atoms with Gasteiger partial charge in [0.1, 0.15) is 11.6 Å².